The van der Waals surface area contributed by atoms with Gasteiger partial charge in [-0.1, -0.05) is 6.07 Å². The van der Waals surface area contributed by atoms with E-state index in [1.54, 1.807) is 12.1 Å². The lowest BCUT2D eigenvalue weighted by Crippen LogP contribution is -2.24. The zero-order valence-corrected chi connectivity index (χ0v) is 15.2. The minimum Gasteiger partial charge on any atom is -0.493 e. The molecule has 6 nitrogen and oxygen atoms in total. The van der Waals surface area contributed by atoms with Crippen molar-refractivity contribution in [3.8, 4) is 17.2 Å². The monoisotopic (exact) mass is 378 g/mol. The quantitative estimate of drug-likeness (QED) is 0.564. The van der Waals surface area contributed by atoms with E-state index in [1.807, 2.05) is 26.0 Å². The van der Waals surface area contributed by atoms with Crippen LogP contribution in [-0.2, 0) is 4.79 Å². The first-order valence-electron chi connectivity index (χ1n) is 8.04. The molecule has 0 fully saturated rings. The minimum absolute atomic E-state index is 0.124. The van der Waals surface area contributed by atoms with E-state index in [1.165, 1.54) is 25.5 Å². The van der Waals surface area contributed by atoms with Gasteiger partial charge < -0.3 is 14.2 Å². The van der Waals surface area contributed by atoms with Crippen LogP contribution in [0.25, 0.3) is 0 Å². The molecule has 0 radical (unpaired) electrons. The average molecular weight is 378 g/mol. The van der Waals surface area contributed by atoms with E-state index < -0.39 is 12.5 Å². The van der Waals surface area contributed by atoms with E-state index >= 15 is 0 Å². The van der Waals surface area contributed by atoms with Gasteiger partial charge in [0.05, 0.1) is 13.3 Å². The van der Waals surface area contributed by atoms with Crippen LogP contribution in [-0.4, -0.2) is 32.4 Å². The van der Waals surface area contributed by atoms with E-state index in [0.29, 0.717) is 11.3 Å². The van der Waals surface area contributed by atoms with Crippen LogP contribution >= 0.6 is 0 Å². The summed E-state index contributed by atoms with van der Waals surface area (Å²) in [7, 11) is 1.34. The van der Waals surface area contributed by atoms with Crippen molar-refractivity contribution < 1.29 is 27.8 Å². The van der Waals surface area contributed by atoms with E-state index in [0.717, 1.165) is 11.1 Å². The Bertz CT molecular complexity index is 825. The van der Waals surface area contributed by atoms with Crippen molar-refractivity contribution in [3.63, 3.8) is 0 Å². The predicted molar refractivity (Wildman–Crippen MR) is 96.8 cm³/mol. The molecule has 0 aliphatic carbocycles. The van der Waals surface area contributed by atoms with E-state index in [9.17, 15) is 13.6 Å². The fourth-order valence-electron chi connectivity index (χ4n) is 2.13. The highest BCUT2D eigenvalue weighted by atomic mass is 19.3. The number of carbonyl (C=O) groups is 1. The predicted octanol–water partition coefficient (Wildman–Crippen LogP) is 3.44. The molecule has 2 rings (SSSR count). The number of nitrogens with zero attached hydrogens (tertiary/aromatic N) is 1. The molecule has 144 valence electrons. The first kappa shape index (κ1) is 20.2. The molecule has 0 unspecified atom stereocenters. The van der Waals surface area contributed by atoms with Crippen molar-refractivity contribution >= 4 is 12.1 Å². The van der Waals surface area contributed by atoms with Gasteiger partial charge in [-0.15, -0.1) is 0 Å². The summed E-state index contributed by atoms with van der Waals surface area (Å²) in [5.74, 6) is 0.169. The normalized spacial score (nSPS) is 10.9. The number of rotatable bonds is 8. The van der Waals surface area contributed by atoms with Crippen LogP contribution < -0.4 is 19.6 Å². The number of methoxy groups -OCH3 is 1. The third-order valence-corrected chi connectivity index (χ3v) is 3.65. The summed E-state index contributed by atoms with van der Waals surface area (Å²) in [5.41, 5.74) is 4.94. The lowest BCUT2D eigenvalue weighted by Gasteiger charge is -2.10. The van der Waals surface area contributed by atoms with Crippen molar-refractivity contribution in [1.29, 1.82) is 0 Å². The molecule has 1 N–H and O–H groups in total. The largest absolute Gasteiger partial charge is 0.493 e. The smallest absolute Gasteiger partial charge is 0.387 e. The Morgan fingerprint density at radius 2 is 1.93 bits per heavy atom. The van der Waals surface area contributed by atoms with Crippen LogP contribution in [0.2, 0.25) is 0 Å². The van der Waals surface area contributed by atoms with Gasteiger partial charge in [0.1, 0.15) is 5.75 Å². The number of hydrazone groups is 1. The third-order valence-electron chi connectivity index (χ3n) is 3.65. The minimum atomic E-state index is -2.98. The Balaban J connectivity index is 1.90. The van der Waals surface area contributed by atoms with Crippen LogP contribution in [0.4, 0.5) is 8.78 Å². The number of aryl methyl sites for hydroxylation is 2. The van der Waals surface area contributed by atoms with E-state index in [4.69, 9.17) is 9.47 Å². The zero-order chi connectivity index (χ0) is 19.8. The molecule has 2 aromatic carbocycles. The molecule has 0 heterocycles. The molecule has 8 heteroatoms. The van der Waals surface area contributed by atoms with Crippen LogP contribution in [0.1, 0.15) is 16.7 Å². The van der Waals surface area contributed by atoms with Crippen LogP contribution in [0.15, 0.2) is 41.5 Å². The number of carbonyl (C=O) groups excluding carboxylic acids is 1. The summed E-state index contributed by atoms with van der Waals surface area (Å²) >= 11 is 0. The molecule has 0 saturated heterocycles. The maximum atomic E-state index is 12.4. The van der Waals surface area contributed by atoms with Crippen molar-refractivity contribution in [3.05, 3.63) is 53.1 Å². The summed E-state index contributed by atoms with van der Waals surface area (Å²) in [6.45, 7) is 0.751. The maximum absolute atomic E-state index is 12.4. The molecule has 2 aromatic rings. The maximum Gasteiger partial charge on any atom is 0.387 e. The van der Waals surface area contributed by atoms with Gasteiger partial charge in [-0.2, -0.15) is 13.9 Å². The molecular weight excluding hydrogens is 358 g/mol. The van der Waals surface area contributed by atoms with Crippen LogP contribution in [0.3, 0.4) is 0 Å². The number of ether oxygens (including phenoxy) is 3. The lowest BCUT2D eigenvalue weighted by atomic mass is 10.1. The Hall–Kier alpha value is -3.16. The van der Waals surface area contributed by atoms with Gasteiger partial charge in [0, 0.05) is 0 Å². The van der Waals surface area contributed by atoms with Gasteiger partial charge >= 0.3 is 6.61 Å². The topological polar surface area (TPSA) is 69.2 Å². The number of halogens is 2. The number of nitrogens with one attached hydrogen (secondary N) is 1. The van der Waals surface area contributed by atoms with Crippen LogP contribution in [0, 0.1) is 13.8 Å². The van der Waals surface area contributed by atoms with Crippen molar-refractivity contribution in [2.45, 2.75) is 20.5 Å². The Morgan fingerprint density at radius 3 is 2.59 bits per heavy atom. The fraction of sp³-hybridized carbons (Fsp3) is 0.263. The van der Waals surface area contributed by atoms with Crippen LogP contribution in [0.5, 0.6) is 17.2 Å². The molecule has 27 heavy (non-hydrogen) atoms. The number of alkyl halides is 2. The second-order valence-corrected chi connectivity index (χ2v) is 5.62. The zero-order valence-electron chi connectivity index (χ0n) is 15.2. The van der Waals surface area contributed by atoms with Gasteiger partial charge in [-0.25, -0.2) is 5.43 Å². The molecular formula is C19H20F2N2O4. The highest BCUT2D eigenvalue weighted by Gasteiger charge is 2.10. The SMILES string of the molecule is COc1ccc(/C=N\NC(=O)COc2ccc(C)c(C)c2)cc1OC(F)F. The Morgan fingerprint density at radius 1 is 1.15 bits per heavy atom. The number of benzene rings is 2. The van der Waals surface area contributed by atoms with Gasteiger partial charge in [-0.3, -0.25) is 4.79 Å². The Labute approximate surface area is 155 Å². The number of hydrogen-bond donors (Lipinski definition) is 1. The molecule has 0 bridgehead atoms. The summed E-state index contributed by atoms with van der Waals surface area (Å²) < 4.78 is 39.6. The van der Waals surface area contributed by atoms with Gasteiger partial charge in [-0.05, 0) is 60.9 Å². The molecule has 0 spiro atoms. The van der Waals surface area contributed by atoms with Crippen molar-refractivity contribution in [2.24, 2.45) is 5.10 Å². The van der Waals surface area contributed by atoms with E-state index in [2.05, 4.69) is 15.3 Å². The fourth-order valence-corrected chi connectivity index (χ4v) is 2.13. The van der Waals surface area contributed by atoms with E-state index in [-0.39, 0.29) is 18.1 Å². The summed E-state index contributed by atoms with van der Waals surface area (Å²) in [6.07, 6.45) is 1.30. The van der Waals surface area contributed by atoms with Crippen molar-refractivity contribution in [2.75, 3.05) is 13.7 Å². The van der Waals surface area contributed by atoms with Crippen molar-refractivity contribution in [1.82, 2.24) is 5.43 Å². The third kappa shape index (κ3) is 6.25. The number of hydrogen-bond acceptors (Lipinski definition) is 5. The summed E-state index contributed by atoms with van der Waals surface area (Å²) in [5, 5.41) is 3.77. The number of amides is 1. The first-order valence-corrected chi connectivity index (χ1v) is 8.04. The summed E-state index contributed by atoms with van der Waals surface area (Å²) in [6, 6.07) is 9.90. The molecule has 0 saturated carbocycles. The molecule has 0 aliphatic rings. The lowest BCUT2D eigenvalue weighted by molar-refractivity contribution is -0.123. The second kappa shape index (κ2) is 9.51. The molecule has 1 amide bonds. The van der Waals surface area contributed by atoms with Gasteiger partial charge in [0.15, 0.2) is 18.1 Å². The highest BCUT2D eigenvalue weighted by molar-refractivity contribution is 5.83. The Kier molecular flexibility index (Phi) is 7.10. The molecule has 0 aliphatic heterocycles. The standard InChI is InChI=1S/C19H20F2N2O4/c1-12-4-6-15(8-13(12)2)26-11-18(24)23-22-10-14-5-7-16(25-3)17(9-14)27-19(20)21/h4-10,19H,11H2,1-3H3,(H,23,24)/b22-10-. The molecule has 0 atom stereocenters. The molecule has 0 aromatic heterocycles. The second-order valence-electron chi connectivity index (χ2n) is 5.62. The first-order chi connectivity index (χ1) is 12.9. The average Bonchev–Trinajstić information content (AvgIpc) is 2.62. The summed E-state index contributed by atoms with van der Waals surface area (Å²) in [4.78, 5) is 11.8. The highest BCUT2D eigenvalue weighted by Crippen LogP contribution is 2.28. The van der Waals surface area contributed by atoms with Gasteiger partial charge in [0.2, 0.25) is 0 Å². The van der Waals surface area contributed by atoms with Gasteiger partial charge in [0.25, 0.3) is 5.91 Å².